The molecular formula is C14H17NO6S2. The highest BCUT2D eigenvalue weighted by atomic mass is 32.2. The number of aliphatic carboxylic acids is 1. The van der Waals surface area contributed by atoms with E-state index in [0.29, 0.717) is 6.42 Å². The van der Waals surface area contributed by atoms with Gasteiger partial charge in [-0.1, -0.05) is 6.42 Å². The van der Waals surface area contributed by atoms with Crippen LogP contribution in [0.3, 0.4) is 0 Å². The van der Waals surface area contributed by atoms with E-state index in [9.17, 15) is 23.1 Å². The molecule has 2 atom stereocenters. The van der Waals surface area contributed by atoms with Gasteiger partial charge in [-0.2, -0.15) is 4.31 Å². The Morgan fingerprint density at radius 1 is 1.43 bits per heavy atom. The van der Waals surface area contributed by atoms with Crippen LogP contribution >= 0.6 is 11.3 Å². The number of carbonyl (C=O) groups excluding carboxylic acids is 1. The number of hydrogen-bond acceptors (Lipinski definition) is 6. The van der Waals surface area contributed by atoms with Gasteiger partial charge in [-0.15, -0.1) is 11.3 Å². The van der Waals surface area contributed by atoms with Crippen molar-refractivity contribution in [3.05, 3.63) is 17.0 Å². The normalized spacial score (nSPS) is 27.8. The summed E-state index contributed by atoms with van der Waals surface area (Å²) >= 11 is 0.843. The molecule has 1 saturated carbocycles. The number of methoxy groups -OCH3 is 1. The van der Waals surface area contributed by atoms with Gasteiger partial charge in [0.15, 0.2) is 0 Å². The molecule has 0 unspecified atom stereocenters. The van der Waals surface area contributed by atoms with E-state index in [1.165, 1.54) is 23.5 Å². The summed E-state index contributed by atoms with van der Waals surface area (Å²) < 4.78 is 31.4. The van der Waals surface area contributed by atoms with Gasteiger partial charge in [0.25, 0.3) is 10.0 Å². The minimum atomic E-state index is -3.79. The molecule has 1 aliphatic carbocycles. The standard InChI is InChI=1S/C14H17NO6S2/c1-21-12(16)10-4-5-11(22-10)23(19,20)15-7-9-3-2-6-14(9,8-15)13(17)18/h4-5,9H,2-3,6-8H2,1H3,(H,17,18)/t9-,14+/m0/s1. The summed E-state index contributed by atoms with van der Waals surface area (Å²) in [6.07, 6.45) is 2.06. The fourth-order valence-corrected chi connectivity index (χ4v) is 6.51. The van der Waals surface area contributed by atoms with Crippen molar-refractivity contribution in [2.75, 3.05) is 20.2 Å². The maximum atomic E-state index is 12.7. The fraction of sp³-hybridized carbons (Fsp3) is 0.571. The lowest BCUT2D eigenvalue weighted by molar-refractivity contribution is -0.149. The second-order valence-corrected chi connectivity index (χ2v) is 9.21. The number of rotatable bonds is 4. The van der Waals surface area contributed by atoms with E-state index in [0.717, 1.165) is 24.2 Å². The predicted octanol–water partition coefficient (Wildman–Crippen LogP) is 1.41. The fourth-order valence-electron chi connectivity index (χ4n) is 3.57. The molecule has 0 radical (unpaired) electrons. The molecule has 3 rings (SSSR count). The Balaban J connectivity index is 1.88. The maximum Gasteiger partial charge on any atom is 0.348 e. The Kier molecular flexibility index (Phi) is 3.97. The number of nitrogens with zero attached hydrogens (tertiary/aromatic N) is 1. The molecule has 23 heavy (non-hydrogen) atoms. The highest BCUT2D eigenvalue weighted by molar-refractivity contribution is 7.91. The third kappa shape index (κ3) is 2.47. The second-order valence-electron chi connectivity index (χ2n) is 5.96. The van der Waals surface area contributed by atoms with Crippen LogP contribution in [0, 0.1) is 11.3 Å². The molecule has 0 spiro atoms. The average Bonchev–Trinajstić information content (AvgIpc) is 3.19. The highest BCUT2D eigenvalue weighted by Gasteiger charge is 2.57. The van der Waals surface area contributed by atoms with Gasteiger partial charge in [0.1, 0.15) is 9.09 Å². The Morgan fingerprint density at radius 3 is 2.78 bits per heavy atom. The molecular weight excluding hydrogens is 342 g/mol. The first-order valence-corrected chi connectivity index (χ1v) is 9.48. The van der Waals surface area contributed by atoms with Gasteiger partial charge < -0.3 is 9.84 Å². The molecule has 0 amide bonds. The Labute approximate surface area is 137 Å². The molecule has 1 saturated heterocycles. The van der Waals surface area contributed by atoms with Gasteiger partial charge in [0, 0.05) is 13.1 Å². The van der Waals surface area contributed by atoms with Crippen LogP contribution < -0.4 is 0 Å². The molecule has 0 bridgehead atoms. The van der Waals surface area contributed by atoms with Crippen LogP contribution in [0.4, 0.5) is 0 Å². The van der Waals surface area contributed by atoms with Crippen molar-refractivity contribution in [3.8, 4) is 0 Å². The van der Waals surface area contributed by atoms with Crippen LogP contribution in [0.2, 0.25) is 0 Å². The van der Waals surface area contributed by atoms with Gasteiger partial charge in [-0.05, 0) is 30.9 Å². The monoisotopic (exact) mass is 359 g/mol. The number of carboxylic acids is 1. The lowest BCUT2D eigenvalue weighted by Crippen LogP contribution is -2.37. The van der Waals surface area contributed by atoms with Crippen molar-refractivity contribution in [1.29, 1.82) is 0 Å². The molecule has 126 valence electrons. The quantitative estimate of drug-likeness (QED) is 0.816. The van der Waals surface area contributed by atoms with Crippen LogP contribution in [0.5, 0.6) is 0 Å². The zero-order valence-corrected chi connectivity index (χ0v) is 14.2. The summed E-state index contributed by atoms with van der Waals surface area (Å²) in [5.41, 5.74) is -0.963. The van der Waals surface area contributed by atoms with Crippen LogP contribution in [-0.2, 0) is 19.6 Å². The first-order chi connectivity index (χ1) is 10.8. The highest BCUT2D eigenvalue weighted by Crippen LogP contribution is 2.50. The van der Waals surface area contributed by atoms with Gasteiger partial charge in [-0.25, -0.2) is 13.2 Å². The molecule has 0 aromatic carbocycles. The number of hydrogen-bond donors (Lipinski definition) is 1. The van der Waals surface area contributed by atoms with Gasteiger partial charge in [-0.3, -0.25) is 4.79 Å². The van der Waals surface area contributed by atoms with Crippen LogP contribution in [0.1, 0.15) is 28.9 Å². The lowest BCUT2D eigenvalue weighted by atomic mass is 9.81. The number of carbonyl (C=O) groups is 2. The van der Waals surface area contributed by atoms with Crippen molar-refractivity contribution < 1.29 is 27.9 Å². The van der Waals surface area contributed by atoms with Crippen LogP contribution in [0.25, 0.3) is 0 Å². The number of esters is 1. The summed E-state index contributed by atoms with van der Waals surface area (Å²) in [5.74, 6) is -1.65. The molecule has 7 nitrogen and oxygen atoms in total. The third-order valence-electron chi connectivity index (χ3n) is 4.83. The molecule has 2 heterocycles. The van der Waals surface area contributed by atoms with Crippen LogP contribution in [0.15, 0.2) is 16.3 Å². The van der Waals surface area contributed by atoms with Gasteiger partial charge >= 0.3 is 11.9 Å². The predicted molar refractivity (Wildman–Crippen MR) is 81.8 cm³/mol. The van der Waals surface area contributed by atoms with E-state index in [-0.39, 0.29) is 28.1 Å². The second kappa shape index (κ2) is 5.57. The SMILES string of the molecule is COC(=O)c1ccc(S(=O)(=O)N2C[C@@H]3CCC[C@@]3(C(=O)O)C2)s1. The minimum absolute atomic E-state index is 0.000785. The van der Waals surface area contributed by atoms with Crippen molar-refractivity contribution >= 4 is 33.3 Å². The number of sulfonamides is 1. The number of ether oxygens (including phenoxy) is 1. The third-order valence-corrected chi connectivity index (χ3v) is 8.17. The van der Waals surface area contributed by atoms with Crippen molar-refractivity contribution in [2.45, 2.75) is 23.5 Å². The molecule has 1 aromatic rings. The van der Waals surface area contributed by atoms with Gasteiger partial charge in [0.2, 0.25) is 0 Å². The summed E-state index contributed by atoms with van der Waals surface area (Å²) in [6, 6.07) is 2.78. The topological polar surface area (TPSA) is 101 Å². The molecule has 9 heteroatoms. The molecule has 1 aromatic heterocycles. The van der Waals surface area contributed by atoms with E-state index in [2.05, 4.69) is 4.74 Å². The summed E-state index contributed by atoms with van der Waals surface area (Å²) in [4.78, 5) is 23.4. The molecule has 2 aliphatic rings. The van der Waals surface area contributed by atoms with E-state index >= 15 is 0 Å². The van der Waals surface area contributed by atoms with E-state index in [4.69, 9.17) is 0 Å². The molecule has 2 fully saturated rings. The average molecular weight is 359 g/mol. The first kappa shape index (κ1) is 16.4. The Bertz CT molecular complexity index is 755. The minimum Gasteiger partial charge on any atom is -0.481 e. The zero-order valence-electron chi connectivity index (χ0n) is 12.5. The van der Waals surface area contributed by atoms with Crippen molar-refractivity contribution in [3.63, 3.8) is 0 Å². The van der Waals surface area contributed by atoms with Crippen LogP contribution in [-0.4, -0.2) is 50.0 Å². The van der Waals surface area contributed by atoms with E-state index in [1.807, 2.05) is 0 Å². The van der Waals surface area contributed by atoms with E-state index in [1.54, 1.807) is 0 Å². The smallest absolute Gasteiger partial charge is 0.348 e. The Morgan fingerprint density at radius 2 is 2.17 bits per heavy atom. The zero-order chi connectivity index (χ0) is 16.8. The number of fused-ring (bicyclic) bond motifs is 1. The largest absolute Gasteiger partial charge is 0.481 e. The van der Waals surface area contributed by atoms with E-state index < -0.39 is 27.4 Å². The molecule has 1 N–H and O–H groups in total. The number of thiophene rings is 1. The maximum absolute atomic E-state index is 12.7. The van der Waals surface area contributed by atoms with Crippen molar-refractivity contribution in [2.24, 2.45) is 11.3 Å². The number of carboxylic acid groups (broad SMARTS) is 1. The molecule has 1 aliphatic heterocycles. The van der Waals surface area contributed by atoms with Crippen molar-refractivity contribution in [1.82, 2.24) is 4.31 Å². The summed E-state index contributed by atoms with van der Waals surface area (Å²) in [6.45, 7) is 0.223. The first-order valence-electron chi connectivity index (χ1n) is 7.23. The van der Waals surface area contributed by atoms with Gasteiger partial charge in [0.05, 0.1) is 12.5 Å². The summed E-state index contributed by atoms with van der Waals surface area (Å²) in [5, 5.41) is 9.56. The summed E-state index contributed by atoms with van der Waals surface area (Å²) in [7, 11) is -2.56. The lowest BCUT2D eigenvalue weighted by Gasteiger charge is -2.23. The Hall–Kier alpha value is -1.45.